The fourth-order valence-electron chi connectivity index (χ4n) is 2.51. The SMILES string of the molecule is CN(Cc1cc(Br)cs1)C(=O)c1c(Br)c2ccccc2n1C. The Bertz CT molecular complexity index is 814. The van der Waals surface area contributed by atoms with Gasteiger partial charge in [-0.15, -0.1) is 11.3 Å². The Balaban J connectivity index is 1.95. The molecule has 0 saturated heterocycles. The van der Waals surface area contributed by atoms with E-state index in [1.807, 2.05) is 54.4 Å². The van der Waals surface area contributed by atoms with Crippen molar-refractivity contribution in [2.45, 2.75) is 6.54 Å². The summed E-state index contributed by atoms with van der Waals surface area (Å²) in [6.45, 7) is 0.600. The number of carbonyl (C=O) groups is 1. The maximum absolute atomic E-state index is 12.8. The maximum Gasteiger partial charge on any atom is 0.271 e. The molecular weight excluding hydrogens is 428 g/mol. The summed E-state index contributed by atoms with van der Waals surface area (Å²) in [6, 6.07) is 10.1. The Hall–Kier alpha value is -1.11. The van der Waals surface area contributed by atoms with Gasteiger partial charge < -0.3 is 9.47 Å². The minimum absolute atomic E-state index is 0.00935. The van der Waals surface area contributed by atoms with E-state index in [1.54, 1.807) is 16.2 Å². The van der Waals surface area contributed by atoms with Crippen LogP contribution in [0.5, 0.6) is 0 Å². The van der Waals surface area contributed by atoms with Crippen molar-refractivity contribution in [3.05, 3.63) is 55.2 Å². The highest BCUT2D eigenvalue weighted by atomic mass is 79.9. The summed E-state index contributed by atoms with van der Waals surface area (Å²) in [5.41, 5.74) is 1.73. The minimum atomic E-state index is 0.00935. The second-order valence-electron chi connectivity index (χ2n) is 5.13. The molecule has 0 saturated carbocycles. The summed E-state index contributed by atoms with van der Waals surface area (Å²) in [7, 11) is 3.76. The second kappa shape index (κ2) is 6.18. The molecule has 3 aromatic rings. The molecule has 3 rings (SSSR count). The van der Waals surface area contributed by atoms with E-state index in [0.29, 0.717) is 12.2 Å². The van der Waals surface area contributed by atoms with E-state index >= 15 is 0 Å². The number of hydrogen-bond acceptors (Lipinski definition) is 2. The van der Waals surface area contributed by atoms with Crippen LogP contribution in [0, 0.1) is 0 Å². The van der Waals surface area contributed by atoms with Crippen LogP contribution in [0.1, 0.15) is 15.4 Å². The highest BCUT2D eigenvalue weighted by Gasteiger charge is 2.22. The molecule has 22 heavy (non-hydrogen) atoms. The predicted octanol–water partition coefficient (Wildman–Crippen LogP) is 5.04. The van der Waals surface area contributed by atoms with Crippen molar-refractivity contribution in [1.29, 1.82) is 0 Å². The standard InChI is InChI=1S/C16H14Br2N2OS/c1-19(8-11-7-10(17)9-22-11)16(21)15-14(18)12-5-3-4-6-13(12)20(15)2/h3-7,9H,8H2,1-2H3. The van der Waals surface area contributed by atoms with Gasteiger partial charge in [0.05, 0.1) is 11.0 Å². The smallest absolute Gasteiger partial charge is 0.271 e. The number of aromatic nitrogens is 1. The van der Waals surface area contributed by atoms with Gasteiger partial charge in [-0.1, -0.05) is 18.2 Å². The molecule has 0 radical (unpaired) electrons. The lowest BCUT2D eigenvalue weighted by atomic mass is 10.2. The highest BCUT2D eigenvalue weighted by Crippen LogP contribution is 2.31. The lowest BCUT2D eigenvalue weighted by Crippen LogP contribution is -2.27. The van der Waals surface area contributed by atoms with E-state index in [4.69, 9.17) is 0 Å². The maximum atomic E-state index is 12.8. The van der Waals surface area contributed by atoms with Crippen LogP contribution < -0.4 is 0 Å². The molecule has 0 unspecified atom stereocenters. The number of thiophene rings is 1. The van der Waals surface area contributed by atoms with Crippen LogP contribution in [-0.2, 0) is 13.6 Å². The van der Waals surface area contributed by atoms with Crippen molar-refractivity contribution >= 4 is 60.0 Å². The van der Waals surface area contributed by atoms with Crippen LogP contribution in [0.4, 0.5) is 0 Å². The molecule has 6 heteroatoms. The van der Waals surface area contributed by atoms with Crippen molar-refractivity contribution in [2.24, 2.45) is 7.05 Å². The summed E-state index contributed by atoms with van der Waals surface area (Å²) >= 11 is 8.68. The first-order chi connectivity index (χ1) is 10.5. The molecule has 0 bridgehead atoms. The zero-order chi connectivity index (χ0) is 15.9. The minimum Gasteiger partial charge on any atom is -0.339 e. The monoisotopic (exact) mass is 440 g/mol. The van der Waals surface area contributed by atoms with Gasteiger partial charge in [-0.05, 0) is 44.0 Å². The van der Waals surface area contributed by atoms with Crippen LogP contribution in [-0.4, -0.2) is 22.4 Å². The number of fused-ring (bicyclic) bond motifs is 1. The number of para-hydroxylation sites is 1. The molecule has 114 valence electrons. The Morgan fingerprint density at radius 3 is 2.68 bits per heavy atom. The van der Waals surface area contributed by atoms with Gasteiger partial charge in [-0.2, -0.15) is 0 Å². The third kappa shape index (κ3) is 2.75. The first kappa shape index (κ1) is 15.8. The number of nitrogens with zero attached hydrogens (tertiary/aromatic N) is 2. The molecule has 3 nitrogen and oxygen atoms in total. The van der Waals surface area contributed by atoms with Crippen molar-refractivity contribution in [2.75, 3.05) is 7.05 Å². The first-order valence-electron chi connectivity index (χ1n) is 6.70. The van der Waals surface area contributed by atoms with Gasteiger partial charge in [0.1, 0.15) is 5.69 Å². The van der Waals surface area contributed by atoms with E-state index in [2.05, 4.69) is 31.9 Å². The molecule has 0 fully saturated rings. The van der Waals surface area contributed by atoms with Crippen LogP contribution in [0.25, 0.3) is 10.9 Å². The Kier molecular flexibility index (Phi) is 4.43. The Morgan fingerprint density at radius 1 is 1.32 bits per heavy atom. The lowest BCUT2D eigenvalue weighted by Gasteiger charge is -2.17. The summed E-state index contributed by atoms with van der Waals surface area (Å²) in [6.07, 6.45) is 0. The van der Waals surface area contributed by atoms with Crippen LogP contribution in [0.15, 0.2) is 44.7 Å². The molecule has 0 atom stereocenters. The number of aryl methyl sites for hydroxylation is 1. The molecule has 0 aliphatic rings. The van der Waals surface area contributed by atoms with Crippen molar-refractivity contribution < 1.29 is 4.79 Å². The quantitative estimate of drug-likeness (QED) is 0.559. The van der Waals surface area contributed by atoms with E-state index < -0.39 is 0 Å². The van der Waals surface area contributed by atoms with E-state index in [9.17, 15) is 4.79 Å². The Labute approximate surface area is 149 Å². The molecule has 1 aromatic carbocycles. The summed E-state index contributed by atoms with van der Waals surface area (Å²) in [5, 5.41) is 3.08. The van der Waals surface area contributed by atoms with Crippen molar-refractivity contribution in [1.82, 2.24) is 9.47 Å². The molecular formula is C16H14Br2N2OS. The average Bonchev–Trinajstić information content (AvgIpc) is 3.01. The van der Waals surface area contributed by atoms with Gasteiger partial charge >= 0.3 is 0 Å². The summed E-state index contributed by atoms with van der Waals surface area (Å²) in [5.74, 6) is 0.00935. The van der Waals surface area contributed by atoms with Crippen LogP contribution >= 0.6 is 43.2 Å². The average molecular weight is 442 g/mol. The number of halogens is 2. The lowest BCUT2D eigenvalue weighted by molar-refractivity contribution is 0.0776. The van der Waals surface area contributed by atoms with Crippen LogP contribution in [0.3, 0.4) is 0 Å². The third-order valence-corrected chi connectivity index (χ3v) is 6.09. The second-order valence-corrected chi connectivity index (χ2v) is 7.84. The number of amides is 1. The van der Waals surface area contributed by atoms with Gasteiger partial charge in [0.25, 0.3) is 5.91 Å². The Morgan fingerprint density at radius 2 is 2.05 bits per heavy atom. The third-order valence-electron chi connectivity index (χ3n) is 3.61. The molecule has 0 spiro atoms. The number of rotatable bonds is 3. The highest BCUT2D eigenvalue weighted by molar-refractivity contribution is 9.11. The number of carbonyl (C=O) groups excluding carboxylic acids is 1. The molecule has 0 N–H and O–H groups in total. The van der Waals surface area contributed by atoms with Gasteiger partial charge in [0, 0.05) is 39.7 Å². The zero-order valence-corrected chi connectivity index (χ0v) is 16.1. The number of hydrogen-bond donors (Lipinski definition) is 0. The van der Waals surface area contributed by atoms with Gasteiger partial charge in [-0.3, -0.25) is 4.79 Å². The first-order valence-corrected chi connectivity index (χ1v) is 9.17. The predicted molar refractivity (Wildman–Crippen MR) is 98.4 cm³/mol. The van der Waals surface area contributed by atoms with Gasteiger partial charge in [0.15, 0.2) is 0 Å². The topological polar surface area (TPSA) is 25.2 Å². The number of benzene rings is 1. The molecule has 2 heterocycles. The molecule has 2 aromatic heterocycles. The van der Waals surface area contributed by atoms with Gasteiger partial charge in [-0.25, -0.2) is 0 Å². The van der Waals surface area contributed by atoms with E-state index in [-0.39, 0.29) is 5.91 Å². The van der Waals surface area contributed by atoms with E-state index in [1.165, 1.54) is 0 Å². The summed E-state index contributed by atoms with van der Waals surface area (Å²) < 4.78 is 3.86. The zero-order valence-electron chi connectivity index (χ0n) is 12.1. The summed E-state index contributed by atoms with van der Waals surface area (Å²) in [4.78, 5) is 15.7. The van der Waals surface area contributed by atoms with Gasteiger partial charge in [0.2, 0.25) is 0 Å². The fraction of sp³-hybridized carbons (Fsp3) is 0.188. The normalized spacial score (nSPS) is 11.1. The van der Waals surface area contributed by atoms with E-state index in [0.717, 1.165) is 24.7 Å². The molecule has 0 aliphatic heterocycles. The molecule has 1 amide bonds. The fourth-order valence-corrected chi connectivity index (χ4v) is 4.78. The molecule has 0 aliphatic carbocycles. The van der Waals surface area contributed by atoms with Crippen molar-refractivity contribution in [3.63, 3.8) is 0 Å². The largest absolute Gasteiger partial charge is 0.339 e. The van der Waals surface area contributed by atoms with Crippen LogP contribution in [0.2, 0.25) is 0 Å². The van der Waals surface area contributed by atoms with Crippen molar-refractivity contribution in [3.8, 4) is 0 Å².